The summed E-state index contributed by atoms with van der Waals surface area (Å²) in [5.41, 5.74) is 5.96. The molecule has 1 heterocycles. The van der Waals surface area contributed by atoms with Gasteiger partial charge in [0.1, 0.15) is 10.0 Å². The molecule has 0 bridgehead atoms. The molecule has 1 atom stereocenters. The van der Waals surface area contributed by atoms with Crippen LogP contribution in [0.4, 0.5) is 0 Å². The van der Waals surface area contributed by atoms with Gasteiger partial charge in [0.05, 0.1) is 6.04 Å². The van der Waals surface area contributed by atoms with Crippen LogP contribution in [0.1, 0.15) is 74.9 Å². The summed E-state index contributed by atoms with van der Waals surface area (Å²) < 4.78 is 0. The Balaban J connectivity index is 2.72. The van der Waals surface area contributed by atoms with Crippen molar-refractivity contribution in [3.05, 3.63) is 10.0 Å². The van der Waals surface area contributed by atoms with E-state index in [1.807, 2.05) is 0 Å². The normalized spacial score (nSPS) is 13.3. The Morgan fingerprint density at radius 2 is 1.62 bits per heavy atom. The first-order chi connectivity index (χ1) is 7.72. The Hall–Kier alpha value is -0.480. The fourth-order valence-corrected chi connectivity index (χ4v) is 2.92. The summed E-state index contributed by atoms with van der Waals surface area (Å²) in [6, 6.07) is 0.0650. The molecule has 0 aliphatic carbocycles. The van der Waals surface area contributed by atoms with Crippen LogP contribution in [-0.2, 0) is 0 Å². The largest absolute Gasteiger partial charge is 0.322 e. The van der Waals surface area contributed by atoms with E-state index in [-0.39, 0.29) is 6.04 Å². The summed E-state index contributed by atoms with van der Waals surface area (Å²) in [6.07, 6.45) is 5.77. The first kappa shape index (κ1) is 13.6. The maximum atomic E-state index is 5.96. The molecule has 0 radical (unpaired) electrons. The standard InChI is InChI=1S/C12H23N3S/c1-4-7-9(8-5-2)11-14-15-12(16-11)10(13)6-3/h9-10H,4-8,13H2,1-3H3. The summed E-state index contributed by atoms with van der Waals surface area (Å²) in [5.74, 6) is 0.588. The van der Waals surface area contributed by atoms with Gasteiger partial charge in [-0.1, -0.05) is 44.9 Å². The van der Waals surface area contributed by atoms with E-state index in [0.29, 0.717) is 5.92 Å². The Morgan fingerprint density at radius 3 is 2.12 bits per heavy atom. The Labute approximate surface area is 102 Å². The average Bonchev–Trinajstić information content (AvgIpc) is 2.77. The summed E-state index contributed by atoms with van der Waals surface area (Å²) in [4.78, 5) is 0. The van der Waals surface area contributed by atoms with Crippen LogP contribution < -0.4 is 5.73 Å². The van der Waals surface area contributed by atoms with Crippen molar-refractivity contribution < 1.29 is 0 Å². The number of nitrogens with two attached hydrogens (primary N) is 1. The first-order valence-electron chi connectivity index (χ1n) is 6.31. The van der Waals surface area contributed by atoms with E-state index in [0.717, 1.165) is 11.4 Å². The van der Waals surface area contributed by atoms with Crippen molar-refractivity contribution in [1.82, 2.24) is 10.2 Å². The van der Waals surface area contributed by atoms with E-state index in [9.17, 15) is 0 Å². The van der Waals surface area contributed by atoms with Gasteiger partial charge in [0.15, 0.2) is 0 Å². The van der Waals surface area contributed by atoms with Crippen LogP contribution in [0.3, 0.4) is 0 Å². The minimum atomic E-state index is 0.0650. The molecule has 1 aromatic heterocycles. The highest BCUT2D eigenvalue weighted by Crippen LogP contribution is 2.30. The lowest BCUT2D eigenvalue weighted by atomic mass is 9.99. The quantitative estimate of drug-likeness (QED) is 0.793. The summed E-state index contributed by atoms with van der Waals surface area (Å²) >= 11 is 1.71. The maximum absolute atomic E-state index is 5.96. The second-order valence-corrected chi connectivity index (χ2v) is 5.31. The van der Waals surface area contributed by atoms with E-state index in [4.69, 9.17) is 5.73 Å². The highest BCUT2D eigenvalue weighted by Gasteiger charge is 2.17. The topological polar surface area (TPSA) is 51.8 Å². The van der Waals surface area contributed by atoms with Gasteiger partial charge in [-0.2, -0.15) is 0 Å². The summed E-state index contributed by atoms with van der Waals surface area (Å²) in [7, 11) is 0. The maximum Gasteiger partial charge on any atom is 0.134 e. The van der Waals surface area contributed by atoms with Gasteiger partial charge in [0.25, 0.3) is 0 Å². The van der Waals surface area contributed by atoms with Crippen LogP contribution >= 0.6 is 11.3 Å². The van der Waals surface area contributed by atoms with E-state index >= 15 is 0 Å². The molecule has 92 valence electrons. The van der Waals surface area contributed by atoms with Crippen LogP contribution in [0.2, 0.25) is 0 Å². The highest BCUT2D eigenvalue weighted by molar-refractivity contribution is 7.11. The van der Waals surface area contributed by atoms with E-state index in [1.165, 1.54) is 30.7 Å². The lowest BCUT2D eigenvalue weighted by Gasteiger charge is -2.10. The van der Waals surface area contributed by atoms with Crippen LogP contribution in [0, 0.1) is 0 Å². The van der Waals surface area contributed by atoms with Crippen molar-refractivity contribution in [2.45, 2.75) is 64.8 Å². The van der Waals surface area contributed by atoms with Crippen molar-refractivity contribution in [2.24, 2.45) is 5.73 Å². The Kier molecular flexibility index (Phi) is 5.91. The monoisotopic (exact) mass is 241 g/mol. The Bertz CT molecular complexity index is 292. The van der Waals surface area contributed by atoms with Gasteiger partial charge >= 0.3 is 0 Å². The van der Waals surface area contributed by atoms with Crippen molar-refractivity contribution in [3.63, 3.8) is 0 Å². The average molecular weight is 241 g/mol. The Morgan fingerprint density at radius 1 is 1.06 bits per heavy atom. The molecule has 0 amide bonds. The highest BCUT2D eigenvalue weighted by atomic mass is 32.1. The third kappa shape index (κ3) is 3.52. The minimum Gasteiger partial charge on any atom is -0.322 e. The van der Waals surface area contributed by atoms with Gasteiger partial charge in [-0.15, -0.1) is 10.2 Å². The van der Waals surface area contributed by atoms with Gasteiger partial charge in [-0.05, 0) is 19.3 Å². The van der Waals surface area contributed by atoms with Crippen LogP contribution in [0.15, 0.2) is 0 Å². The molecule has 0 spiro atoms. The lowest BCUT2D eigenvalue weighted by molar-refractivity contribution is 0.553. The first-order valence-corrected chi connectivity index (χ1v) is 7.13. The second kappa shape index (κ2) is 6.97. The zero-order valence-electron chi connectivity index (χ0n) is 10.6. The van der Waals surface area contributed by atoms with E-state index < -0.39 is 0 Å². The van der Waals surface area contributed by atoms with Crippen LogP contribution in [0.5, 0.6) is 0 Å². The van der Waals surface area contributed by atoms with E-state index in [1.54, 1.807) is 11.3 Å². The van der Waals surface area contributed by atoms with Crippen molar-refractivity contribution in [3.8, 4) is 0 Å². The third-order valence-corrected chi connectivity index (χ3v) is 4.05. The van der Waals surface area contributed by atoms with Crippen LogP contribution in [-0.4, -0.2) is 10.2 Å². The van der Waals surface area contributed by atoms with Crippen LogP contribution in [0.25, 0.3) is 0 Å². The molecule has 16 heavy (non-hydrogen) atoms. The molecule has 1 unspecified atom stereocenters. The zero-order chi connectivity index (χ0) is 12.0. The number of aromatic nitrogens is 2. The molecular formula is C12H23N3S. The number of hydrogen-bond donors (Lipinski definition) is 1. The smallest absolute Gasteiger partial charge is 0.134 e. The molecule has 0 aliphatic heterocycles. The number of hydrogen-bond acceptors (Lipinski definition) is 4. The summed E-state index contributed by atoms with van der Waals surface area (Å²) in [6.45, 7) is 6.53. The molecule has 3 nitrogen and oxygen atoms in total. The van der Waals surface area contributed by atoms with E-state index in [2.05, 4.69) is 31.0 Å². The van der Waals surface area contributed by atoms with Gasteiger partial charge in [-0.25, -0.2) is 0 Å². The minimum absolute atomic E-state index is 0.0650. The van der Waals surface area contributed by atoms with Crippen molar-refractivity contribution in [2.75, 3.05) is 0 Å². The molecule has 0 saturated carbocycles. The molecule has 0 aromatic carbocycles. The van der Waals surface area contributed by atoms with Gasteiger partial charge in [0.2, 0.25) is 0 Å². The molecule has 1 aromatic rings. The summed E-state index contributed by atoms with van der Waals surface area (Å²) in [5, 5.41) is 10.7. The van der Waals surface area contributed by atoms with Gasteiger partial charge in [0, 0.05) is 5.92 Å². The molecular weight excluding hydrogens is 218 g/mol. The fraction of sp³-hybridized carbons (Fsp3) is 0.833. The zero-order valence-corrected chi connectivity index (χ0v) is 11.4. The fourth-order valence-electron chi connectivity index (χ4n) is 1.82. The van der Waals surface area contributed by atoms with Crippen molar-refractivity contribution in [1.29, 1.82) is 0 Å². The SMILES string of the molecule is CCCC(CCC)c1nnc(C(N)CC)s1. The molecule has 1 rings (SSSR count). The molecule has 0 aliphatic rings. The predicted molar refractivity (Wildman–Crippen MR) is 69.7 cm³/mol. The number of rotatable bonds is 7. The molecule has 0 fully saturated rings. The second-order valence-electron chi connectivity index (χ2n) is 4.27. The van der Waals surface area contributed by atoms with Gasteiger partial charge in [-0.3, -0.25) is 0 Å². The van der Waals surface area contributed by atoms with Crippen molar-refractivity contribution >= 4 is 11.3 Å². The van der Waals surface area contributed by atoms with Gasteiger partial charge < -0.3 is 5.73 Å². The molecule has 0 saturated heterocycles. The predicted octanol–water partition coefficient (Wildman–Crippen LogP) is 3.63. The lowest BCUT2D eigenvalue weighted by Crippen LogP contribution is -2.07. The number of nitrogens with zero attached hydrogens (tertiary/aromatic N) is 2. The third-order valence-electron chi connectivity index (χ3n) is 2.84. The molecule has 4 heteroatoms. The molecule has 2 N–H and O–H groups in total.